The monoisotopic (exact) mass is 465 g/mol. The largest absolute Gasteiger partial charge is 0.465 e. The minimum atomic E-state index is -4.46. The molecule has 0 unspecified atom stereocenters. The maximum absolute atomic E-state index is 13.1. The number of esters is 1. The van der Waals surface area contributed by atoms with E-state index in [1.54, 1.807) is 24.8 Å². The first-order chi connectivity index (χ1) is 15.6. The molecule has 0 spiro atoms. The van der Waals surface area contributed by atoms with Crippen LogP contribution < -0.4 is 10.2 Å². The Hall–Kier alpha value is -3.37. The topological polar surface area (TPSA) is 87.7 Å². The van der Waals surface area contributed by atoms with Crippen LogP contribution in [0.5, 0.6) is 0 Å². The molecule has 3 rings (SSSR count). The highest BCUT2D eigenvalue weighted by Gasteiger charge is 2.31. The number of hydrogen-bond acceptors (Lipinski definition) is 6. The number of anilines is 1. The average molecular weight is 465 g/mol. The number of halogens is 3. The molecule has 2 aromatic rings. The summed E-state index contributed by atoms with van der Waals surface area (Å²) < 4.78 is 44.2. The van der Waals surface area contributed by atoms with E-state index >= 15 is 0 Å². The Bertz CT molecular complexity index is 1020. The van der Waals surface area contributed by atoms with Crippen molar-refractivity contribution in [1.82, 2.24) is 20.2 Å². The molecule has 0 atom stereocenters. The first kappa shape index (κ1) is 24.3. The number of urea groups is 1. The van der Waals surface area contributed by atoms with Gasteiger partial charge in [0.1, 0.15) is 12.4 Å². The number of piperazine rings is 1. The fourth-order valence-electron chi connectivity index (χ4n) is 3.48. The zero-order valence-corrected chi connectivity index (χ0v) is 18.7. The van der Waals surface area contributed by atoms with Crippen LogP contribution in [0.3, 0.4) is 0 Å². The van der Waals surface area contributed by atoms with Crippen LogP contribution in [0.25, 0.3) is 11.4 Å². The van der Waals surface area contributed by atoms with Crippen LogP contribution >= 0.6 is 0 Å². The Morgan fingerprint density at radius 1 is 1.12 bits per heavy atom. The smallest absolute Gasteiger partial charge is 0.416 e. The highest BCUT2D eigenvalue weighted by molar-refractivity contribution is 5.81. The van der Waals surface area contributed by atoms with Crippen LogP contribution in [-0.2, 0) is 15.7 Å². The van der Waals surface area contributed by atoms with Crippen LogP contribution in [0.1, 0.15) is 23.7 Å². The second-order valence-corrected chi connectivity index (χ2v) is 7.60. The number of hydrogen-bond donors (Lipinski definition) is 1. The number of aryl methyl sites for hydroxylation is 1. The minimum absolute atomic E-state index is 0.197. The van der Waals surface area contributed by atoms with Crippen molar-refractivity contribution in [2.45, 2.75) is 26.9 Å². The van der Waals surface area contributed by atoms with Crippen LogP contribution in [0.15, 0.2) is 24.3 Å². The summed E-state index contributed by atoms with van der Waals surface area (Å²) in [5, 5.41) is 2.54. The second kappa shape index (κ2) is 10.1. The maximum Gasteiger partial charge on any atom is 0.416 e. The summed E-state index contributed by atoms with van der Waals surface area (Å²) in [6.45, 7) is 7.14. The van der Waals surface area contributed by atoms with Crippen molar-refractivity contribution in [3.63, 3.8) is 0 Å². The predicted octanol–water partition coefficient (Wildman–Crippen LogP) is 3.17. The van der Waals surface area contributed by atoms with Gasteiger partial charge < -0.3 is 19.9 Å². The van der Waals surface area contributed by atoms with Gasteiger partial charge in [-0.05, 0) is 32.9 Å². The fourth-order valence-corrected chi connectivity index (χ4v) is 3.48. The molecule has 33 heavy (non-hydrogen) atoms. The third-order valence-electron chi connectivity index (χ3n) is 5.37. The van der Waals surface area contributed by atoms with Crippen molar-refractivity contribution >= 4 is 17.8 Å². The van der Waals surface area contributed by atoms with Gasteiger partial charge in [-0.1, -0.05) is 12.1 Å². The minimum Gasteiger partial charge on any atom is -0.465 e. The Morgan fingerprint density at radius 3 is 2.45 bits per heavy atom. The van der Waals surface area contributed by atoms with Crippen LogP contribution in [-0.4, -0.2) is 66.2 Å². The molecule has 1 fully saturated rings. The molecular formula is C22H26F3N5O3. The Balaban J connectivity index is 1.73. The number of alkyl halides is 3. The average Bonchev–Trinajstić information content (AvgIpc) is 2.79. The van der Waals surface area contributed by atoms with Gasteiger partial charge in [-0.2, -0.15) is 13.2 Å². The molecule has 2 heterocycles. The van der Waals surface area contributed by atoms with Gasteiger partial charge in [0.15, 0.2) is 5.82 Å². The lowest BCUT2D eigenvalue weighted by molar-refractivity contribution is -0.142. The molecule has 2 amide bonds. The van der Waals surface area contributed by atoms with Gasteiger partial charge in [0.05, 0.1) is 12.2 Å². The summed E-state index contributed by atoms with van der Waals surface area (Å²) in [4.78, 5) is 36.3. The number of ether oxygens (including phenoxy) is 1. The molecule has 1 N–H and O–H groups in total. The fraction of sp³-hybridized carbons (Fsp3) is 0.455. The first-order valence-corrected chi connectivity index (χ1v) is 10.6. The van der Waals surface area contributed by atoms with Gasteiger partial charge in [0, 0.05) is 43.0 Å². The summed E-state index contributed by atoms with van der Waals surface area (Å²) in [6.07, 6.45) is -4.46. The van der Waals surface area contributed by atoms with E-state index in [0.717, 1.165) is 17.7 Å². The van der Waals surface area contributed by atoms with E-state index in [1.807, 2.05) is 11.8 Å². The molecule has 0 radical (unpaired) electrons. The van der Waals surface area contributed by atoms with Crippen molar-refractivity contribution in [2.24, 2.45) is 0 Å². The highest BCUT2D eigenvalue weighted by atomic mass is 19.4. The van der Waals surface area contributed by atoms with E-state index in [4.69, 9.17) is 4.74 Å². The Morgan fingerprint density at radius 2 is 1.82 bits per heavy atom. The lowest BCUT2D eigenvalue weighted by Crippen LogP contribution is -2.52. The number of rotatable bonds is 5. The molecule has 0 saturated carbocycles. The quantitative estimate of drug-likeness (QED) is 0.683. The van der Waals surface area contributed by atoms with Crippen molar-refractivity contribution in [3.8, 4) is 11.4 Å². The molecule has 8 nitrogen and oxygen atoms in total. The molecule has 0 aliphatic carbocycles. The van der Waals surface area contributed by atoms with E-state index in [9.17, 15) is 22.8 Å². The van der Waals surface area contributed by atoms with Gasteiger partial charge in [0.25, 0.3) is 0 Å². The van der Waals surface area contributed by atoms with E-state index < -0.39 is 17.7 Å². The summed E-state index contributed by atoms with van der Waals surface area (Å²) in [6, 6.07) is 4.58. The molecular weight excluding hydrogens is 439 g/mol. The number of carbonyl (C=O) groups is 2. The predicted molar refractivity (Wildman–Crippen MR) is 116 cm³/mol. The van der Waals surface area contributed by atoms with E-state index in [1.165, 1.54) is 6.07 Å². The van der Waals surface area contributed by atoms with Gasteiger partial charge >= 0.3 is 18.2 Å². The van der Waals surface area contributed by atoms with Gasteiger partial charge in [-0.15, -0.1) is 0 Å². The lowest BCUT2D eigenvalue weighted by atomic mass is 10.1. The zero-order chi connectivity index (χ0) is 24.2. The maximum atomic E-state index is 13.1. The summed E-state index contributed by atoms with van der Waals surface area (Å²) in [5.41, 5.74) is 1.02. The van der Waals surface area contributed by atoms with Crippen molar-refractivity contribution in [1.29, 1.82) is 0 Å². The van der Waals surface area contributed by atoms with Gasteiger partial charge in [0.2, 0.25) is 0 Å². The van der Waals surface area contributed by atoms with E-state index in [0.29, 0.717) is 37.7 Å². The van der Waals surface area contributed by atoms with Crippen molar-refractivity contribution in [3.05, 3.63) is 41.1 Å². The summed E-state index contributed by atoms with van der Waals surface area (Å²) in [7, 11) is 0. The summed E-state index contributed by atoms with van der Waals surface area (Å²) in [5.74, 6) is 0.342. The standard InChI is InChI=1S/C22H26F3N5O3/c1-4-33-18(31)13-26-21(32)30-10-8-29(9-11-30)20-14(2)15(3)27-19(28-20)16-6-5-7-17(12-16)22(23,24)25/h5-7,12H,4,8-11,13H2,1-3H3,(H,26,32). The van der Waals surface area contributed by atoms with Crippen LogP contribution in [0.2, 0.25) is 0 Å². The molecule has 1 aliphatic heterocycles. The van der Waals surface area contributed by atoms with Crippen molar-refractivity contribution in [2.75, 3.05) is 44.2 Å². The van der Waals surface area contributed by atoms with Gasteiger partial charge in [-0.25, -0.2) is 14.8 Å². The number of nitrogens with one attached hydrogen (secondary N) is 1. The number of benzene rings is 1. The molecule has 11 heteroatoms. The number of nitrogens with zero attached hydrogens (tertiary/aromatic N) is 4. The van der Waals surface area contributed by atoms with Crippen molar-refractivity contribution < 1.29 is 27.5 Å². The molecule has 1 aromatic heterocycles. The molecule has 178 valence electrons. The highest BCUT2D eigenvalue weighted by Crippen LogP contribution is 2.32. The molecule has 1 aromatic carbocycles. The van der Waals surface area contributed by atoms with Crippen LogP contribution in [0, 0.1) is 13.8 Å². The van der Waals surface area contributed by atoms with E-state index in [2.05, 4.69) is 15.3 Å². The molecule has 1 aliphatic rings. The SMILES string of the molecule is CCOC(=O)CNC(=O)N1CCN(c2nc(-c3cccc(C(F)(F)F)c3)nc(C)c2C)CC1. The normalized spacial score (nSPS) is 14.2. The Kier molecular flexibility index (Phi) is 7.39. The number of aromatic nitrogens is 2. The molecule has 0 bridgehead atoms. The van der Waals surface area contributed by atoms with Crippen LogP contribution in [0.4, 0.5) is 23.8 Å². The lowest BCUT2D eigenvalue weighted by Gasteiger charge is -2.36. The summed E-state index contributed by atoms with van der Waals surface area (Å²) >= 11 is 0. The third-order valence-corrected chi connectivity index (χ3v) is 5.37. The number of amides is 2. The third kappa shape index (κ3) is 5.91. The Labute approximate surface area is 189 Å². The van der Waals surface area contributed by atoms with E-state index in [-0.39, 0.29) is 30.6 Å². The zero-order valence-electron chi connectivity index (χ0n) is 18.7. The first-order valence-electron chi connectivity index (χ1n) is 10.6. The molecule has 1 saturated heterocycles. The number of carbonyl (C=O) groups excluding carboxylic acids is 2. The second-order valence-electron chi connectivity index (χ2n) is 7.60. The van der Waals surface area contributed by atoms with Gasteiger partial charge in [-0.3, -0.25) is 4.79 Å².